The number of rotatable bonds is 2. The molecule has 4 heteroatoms. The molecule has 1 aromatic rings. The number of Topliss-reactive ketones (excluding diaryl/α,β-unsaturated/α-hetero) is 1. The second kappa shape index (κ2) is 4.33. The minimum absolute atomic E-state index is 0.0417. The van der Waals surface area contributed by atoms with Crippen LogP contribution in [0.4, 0.5) is 0 Å². The summed E-state index contributed by atoms with van der Waals surface area (Å²) in [5.41, 5.74) is 1.73. The van der Waals surface area contributed by atoms with E-state index in [9.17, 15) is 4.79 Å². The fourth-order valence-corrected chi connectivity index (χ4v) is 1.85. The highest BCUT2D eigenvalue weighted by Crippen LogP contribution is 2.27. The number of carbonyl (C=O) groups is 1. The molecule has 0 bridgehead atoms. The highest BCUT2D eigenvalue weighted by atomic mass is 79.9. The van der Waals surface area contributed by atoms with Crippen LogP contribution in [0.15, 0.2) is 18.2 Å². The number of ketones is 1. The van der Waals surface area contributed by atoms with E-state index < -0.39 is 0 Å². The Balaban J connectivity index is 2.30. The Labute approximate surface area is 96.4 Å². The van der Waals surface area contributed by atoms with E-state index in [2.05, 4.69) is 15.9 Å². The third-order valence-electron chi connectivity index (χ3n) is 2.32. The third-order valence-corrected chi connectivity index (χ3v) is 2.83. The Hall–Kier alpha value is -0.870. The van der Waals surface area contributed by atoms with Gasteiger partial charge in [0.05, 0.1) is 5.33 Å². The van der Waals surface area contributed by atoms with Gasteiger partial charge < -0.3 is 4.89 Å². The first-order chi connectivity index (χ1) is 7.20. The molecular formula is C11H11BrO3. The van der Waals surface area contributed by atoms with Crippen LogP contribution in [0.1, 0.15) is 22.8 Å². The van der Waals surface area contributed by atoms with Gasteiger partial charge in [-0.05, 0) is 13.0 Å². The Kier molecular flexibility index (Phi) is 3.07. The van der Waals surface area contributed by atoms with Gasteiger partial charge in [-0.2, -0.15) is 4.89 Å². The minimum Gasteiger partial charge on any atom is -0.337 e. The van der Waals surface area contributed by atoms with Crippen molar-refractivity contribution in [2.75, 3.05) is 5.33 Å². The summed E-state index contributed by atoms with van der Waals surface area (Å²) in [5, 5.41) is 0.322. The van der Waals surface area contributed by atoms with Crippen molar-refractivity contribution in [2.24, 2.45) is 0 Å². The molecule has 0 N–H and O–H groups in total. The molecule has 1 aliphatic heterocycles. The van der Waals surface area contributed by atoms with Gasteiger partial charge in [-0.1, -0.05) is 28.1 Å². The summed E-state index contributed by atoms with van der Waals surface area (Å²) >= 11 is 3.14. The number of halogens is 1. The van der Waals surface area contributed by atoms with Crippen molar-refractivity contribution in [3.8, 4) is 5.75 Å². The van der Waals surface area contributed by atoms with Crippen LogP contribution in [0.2, 0.25) is 0 Å². The number of benzene rings is 1. The molecule has 1 aliphatic rings. The Morgan fingerprint density at radius 2 is 2.40 bits per heavy atom. The van der Waals surface area contributed by atoms with E-state index in [1.54, 1.807) is 6.07 Å². The molecule has 0 radical (unpaired) electrons. The molecule has 0 saturated carbocycles. The third kappa shape index (κ3) is 2.21. The van der Waals surface area contributed by atoms with Gasteiger partial charge in [0.25, 0.3) is 0 Å². The molecular weight excluding hydrogens is 260 g/mol. The van der Waals surface area contributed by atoms with Crippen LogP contribution in [-0.4, -0.2) is 17.2 Å². The number of fused-ring (bicyclic) bond motifs is 1. The maximum atomic E-state index is 11.4. The van der Waals surface area contributed by atoms with E-state index in [0.29, 0.717) is 16.6 Å². The van der Waals surface area contributed by atoms with Gasteiger partial charge >= 0.3 is 0 Å². The lowest BCUT2D eigenvalue weighted by Crippen LogP contribution is -2.20. The molecule has 3 nitrogen and oxygen atoms in total. The van der Waals surface area contributed by atoms with Crippen LogP contribution in [-0.2, 0) is 11.3 Å². The van der Waals surface area contributed by atoms with Gasteiger partial charge in [-0.25, -0.2) is 0 Å². The summed E-state index contributed by atoms with van der Waals surface area (Å²) in [6.45, 7) is 1.94. The van der Waals surface area contributed by atoms with E-state index in [4.69, 9.17) is 9.78 Å². The van der Waals surface area contributed by atoms with E-state index in [0.717, 1.165) is 12.0 Å². The first-order valence-electron chi connectivity index (χ1n) is 4.76. The van der Waals surface area contributed by atoms with E-state index in [1.165, 1.54) is 0 Å². The van der Waals surface area contributed by atoms with Crippen LogP contribution in [0, 0.1) is 0 Å². The number of hydrogen-bond acceptors (Lipinski definition) is 3. The average Bonchev–Trinajstić information content (AvgIpc) is 2.27. The standard InChI is InChI=1S/C11H11BrO3/c1-7-4-9-3-2-8(10(13)6-12)5-11(9)15-14-7/h2-3,5,7H,4,6H2,1H3. The smallest absolute Gasteiger partial charge is 0.173 e. The van der Waals surface area contributed by atoms with Gasteiger partial charge in [0.15, 0.2) is 11.5 Å². The molecule has 1 aromatic carbocycles. The summed E-state index contributed by atoms with van der Waals surface area (Å²) in [4.78, 5) is 21.6. The maximum absolute atomic E-state index is 11.4. The van der Waals surface area contributed by atoms with Gasteiger partial charge in [0.1, 0.15) is 6.10 Å². The zero-order chi connectivity index (χ0) is 10.8. The zero-order valence-corrected chi connectivity index (χ0v) is 9.91. The molecule has 15 heavy (non-hydrogen) atoms. The summed E-state index contributed by atoms with van der Waals surface area (Å²) in [5.74, 6) is 0.694. The summed E-state index contributed by atoms with van der Waals surface area (Å²) < 4.78 is 0. The lowest BCUT2D eigenvalue weighted by Gasteiger charge is -2.21. The van der Waals surface area contributed by atoms with E-state index >= 15 is 0 Å². The monoisotopic (exact) mass is 270 g/mol. The lowest BCUT2D eigenvalue weighted by atomic mass is 10.0. The minimum atomic E-state index is 0.0417. The maximum Gasteiger partial charge on any atom is 0.173 e. The van der Waals surface area contributed by atoms with Gasteiger partial charge in [-0.3, -0.25) is 4.79 Å². The van der Waals surface area contributed by atoms with E-state index in [1.807, 2.05) is 19.1 Å². The molecule has 0 saturated heterocycles. The molecule has 2 rings (SSSR count). The summed E-state index contributed by atoms with van der Waals surface area (Å²) in [7, 11) is 0. The van der Waals surface area contributed by atoms with Gasteiger partial charge in [0.2, 0.25) is 0 Å². The van der Waals surface area contributed by atoms with Crippen LogP contribution < -0.4 is 4.89 Å². The Morgan fingerprint density at radius 1 is 1.60 bits per heavy atom. The van der Waals surface area contributed by atoms with Gasteiger partial charge in [0, 0.05) is 17.5 Å². The van der Waals surface area contributed by atoms with Gasteiger partial charge in [-0.15, -0.1) is 0 Å². The molecule has 0 spiro atoms. The molecule has 1 unspecified atom stereocenters. The van der Waals surface area contributed by atoms with Crippen LogP contribution in [0.25, 0.3) is 0 Å². The summed E-state index contributed by atoms with van der Waals surface area (Å²) in [6.07, 6.45) is 0.883. The molecule has 1 atom stereocenters. The zero-order valence-electron chi connectivity index (χ0n) is 8.33. The Bertz CT molecular complexity index is 389. The van der Waals surface area contributed by atoms with Crippen molar-refractivity contribution in [3.63, 3.8) is 0 Å². The molecule has 0 aromatic heterocycles. The SMILES string of the molecule is CC1Cc2ccc(C(=O)CBr)cc2OO1. The normalized spacial score (nSPS) is 19.2. The largest absolute Gasteiger partial charge is 0.337 e. The number of hydrogen-bond donors (Lipinski definition) is 0. The predicted octanol–water partition coefficient (Wildman–Crippen LogP) is 2.52. The molecule has 80 valence electrons. The highest BCUT2D eigenvalue weighted by Gasteiger charge is 2.19. The fourth-order valence-electron chi connectivity index (χ4n) is 1.53. The fraction of sp³-hybridized carbons (Fsp3) is 0.364. The van der Waals surface area contributed by atoms with E-state index in [-0.39, 0.29) is 11.9 Å². The number of alkyl halides is 1. The van der Waals surface area contributed by atoms with Crippen LogP contribution >= 0.6 is 15.9 Å². The van der Waals surface area contributed by atoms with Crippen molar-refractivity contribution in [3.05, 3.63) is 29.3 Å². The molecule has 0 amide bonds. The average molecular weight is 271 g/mol. The Morgan fingerprint density at radius 3 is 3.13 bits per heavy atom. The van der Waals surface area contributed by atoms with Crippen molar-refractivity contribution in [1.82, 2.24) is 0 Å². The van der Waals surface area contributed by atoms with Crippen LogP contribution in [0.5, 0.6) is 5.75 Å². The van der Waals surface area contributed by atoms with Crippen molar-refractivity contribution in [1.29, 1.82) is 0 Å². The molecule has 0 fully saturated rings. The lowest BCUT2D eigenvalue weighted by molar-refractivity contribution is -0.249. The second-order valence-electron chi connectivity index (χ2n) is 3.57. The molecule has 0 aliphatic carbocycles. The first-order valence-corrected chi connectivity index (χ1v) is 5.88. The van der Waals surface area contributed by atoms with Crippen molar-refractivity contribution < 1.29 is 14.6 Å². The van der Waals surface area contributed by atoms with Crippen LogP contribution in [0.3, 0.4) is 0 Å². The molecule has 1 heterocycles. The topological polar surface area (TPSA) is 35.5 Å². The predicted molar refractivity (Wildman–Crippen MR) is 59.4 cm³/mol. The number of carbonyl (C=O) groups excluding carboxylic acids is 1. The van der Waals surface area contributed by atoms with Crippen molar-refractivity contribution >= 4 is 21.7 Å². The first kappa shape index (κ1) is 10.6. The summed E-state index contributed by atoms with van der Waals surface area (Å²) in [6, 6.07) is 5.47. The quantitative estimate of drug-likeness (QED) is 0.471. The highest BCUT2D eigenvalue weighted by molar-refractivity contribution is 9.09. The second-order valence-corrected chi connectivity index (χ2v) is 4.13. The van der Waals surface area contributed by atoms with Crippen molar-refractivity contribution in [2.45, 2.75) is 19.4 Å².